The lowest BCUT2D eigenvalue weighted by atomic mass is 10.4. The van der Waals surface area contributed by atoms with Crippen molar-refractivity contribution in [3.8, 4) is 0 Å². The molecule has 0 aliphatic heterocycles. The van der Waals surface area contributed by atoms with E-state index in [2.05, 4.69) is 11.6 Å². The van der Waals surface area contributed by atoms with E-state index in [0.29, 0.717) is 16.9 Å². The molecule has 1 heterocycles. The van der Waals surface area contributed by atoms with Crippen LogP contribution in [0.25, 0.3) is 0 Å². The van der Waals surface area contributed by atoms with Gasteiger partial charge in [0.2, 0.25) is 0 Å². The molecular formula is C8H10N2OS. The Bertz CT molecular complexity index is 402. The van der Waals surface area contributed by atoms with E-state index in [0.717, 1.165) is 0 Å². The second kappa shape index (κ2) is 3.49. The van der Waals surface area contributed by atoms with Crippen molar-refractivity contribution in [1.82, 2.24) is 9.55 Å². The first-order chi connectivity index (χ1) is 5.65. The number of hydrogen-bond donors (Lipinski definition) is 1. The number of H-pyrrole nitrogens is 1. The summed E-state index contributed by atoms with van der Waals surface area (Å²) in [5, 5.41) is 0. The van der Waals surface area contributed by atoms with Gasteiger partial charge in [0.15, 0.2) is 4.77 Å². The van der Waals surface area contributed by atoms with Crippen LogP contribution in [0.2, 0.25) is 0 Å². The molecular weight excluding hydrogens is 172 g/mol. The van der Waals surface area contributed by atoms with Gasteiger partial charge < -0.3 is 4.57 Å². The summed E-state index contributed by atoms with van der Waals surface area (Å²) in [6.07, 6.45) is 3.45. The molecule has 64 valence electrons. The maximum atomic E-state index is 11.0. The van der Waals surface area contributed by atoms with Crippen molar-refractivity contribution in [2.45, 2.75) is 13.5 Å². The topological polar surface area (TPSA) is 37.8 Å². The molecule has 0 radical (unpaired) electrons. The Kier molecular flexibility index (Phi) is 2.60. The zero-order chi connectivity index (χ0) is 9.14. The van der Waals surface area contributed by atoms with Crippen molar-refractivity contribution in [2.75, 3.05) is 0 Å². The number of allylic oxidation sites excluding steroid dienone is 1. The minimum Gasteiger partial charge on any atom is -0.321 e. The molecule has 1 aromatic heterocycles. The number of nitrogens with one attached hydrogen (secondary N) is 1. The minimum atomic E-state index is -0.125. The molecule has 0 saturated carbocycles. The fourth-order valence-corrected chi connectivity index (χ4v) is 1.11. The summed E-state index contributed by atoms with van der Waals surface area (Å²) in [5.74, 6) is 0. The number of aromatic amines is 1. The van der Waals surface area contributed by atoms with Crippen LogP contribution in [0.3, 0.4) is 0 Å². The summed E-state index contributed by atoms with van der Waals surface area (Å²) in [6.45, 7) is 5.95. The van der Waals surface area contributed by atoms with E-state index in [4.69, 9.17) is 12.2 Å². The second-order valence-electron chi connectivity index (χ2n) is 2.51. The highest BCUT2D eigenvalue weighted by molar-refractivity contribution is 7.71. The van der Waals surface area contributed by atoms with Gasteiger partial charge in [0, 0.05) is 18.3 Å². The van der Waals surface area contributed by atoms with Crippen molar-refractivity contribution in [2.24, 2.45) is 0 Å². The molecule has 0 unspecified atom stereocenters. The fraction of sp³-hybridized carbons (Fsp3) is 0.250. The lowest BCUT2D eigenvalue weighted by Gasteiger charge is -2.02. The summed E-state index contributed by atoms with van der Waals surface area (Å²) >= 11 is 4.92. The van der Waals surface area contributed by atoms with Crippen LogP contribution < -0.4 is 5.56 Å². The van der Waals surface area contributed by atoms with Gasteiger partial charge in [-0.25, -0.2) is 0 Å². The molecule has 0 saturated heterocycles. The lowest BCUT2D eigenvalue weighted by molar-refractivity contribution is 0.755. The number of nitrogens with zero attached hydrogens (tertiary/aromatic N) is 1. The zero-order valence-corrected chi connectivity index (χ0v) is 7.65. The molecule has 12 heavy (non-hydrogen) atoms. The van der Waals surface area contributed by atoms with E-state index in [9.17, 15) is 4.79 Å². The highest BCUT2D eigenvalue weighted by Gasteiger charge is 1.94. The van der Waals surface area contributed by atoms with Gasteiger partial charge in [-0.2, -0.15) is 0 Å². The highest BCUT2D eigenvalue weighted by atomic mass is 32.1. The van der Waals surface area contributed by atoms with E-state index in [1.165, 1.54) is 0 Å². The van der Waals surface area contributed by atoms with Crippen molar-refractivity contribution in [3.05, 3.63) is 39.5 Å². The molecule has 0 amide bonds. The summed E-state index contributed by atoms with van der Waals surface area (Å²) in [6, 6.07) is 0. The smallest absolute Gasteiger partial charge is 0.254 e. The molecule has 0 atom stereocenters. The Morgan fingerprint density at radius 1 is 1.83 bits per heavy atom. The van der Waals surface area contributed by atoms with Gasteiger partial charge in [0.25, 0.3) is 5.56 Å². The molecule has 0 spiro atoms. The summed E-state index contributed by atoms with van der Waals surface area (Å²) in [4.78, 5) is 13.6. The van der Waals surface area contributed by atoms with Crippen LogP contribution in [0, 0.1) is 11.7 Å². The van der Waals surface area contributed by atoms with E-state index in [1.807, 2.05) is 0 Å². The monoisotopic (exact) mass is 182 g/mol. The summed E-state index contributed by atoms with van der Waals surface area (Å²) < 4.78 is 2.20. The number of hydrogen-bond acceptors (Lipinski definition) is 2. The minimum absolute atomic E-state index is 0.125. The Morgan fingerprint density at radius 3 is 3.08 bits per heavy atom. The van der Waals surface area contributed by atoms with Gasteiger partial charge in [-0.1, -0.05) is 6.08 Å². The molecule has 0 aliphatic carbocycles. The lowest BCUT2D eigenvalue weighted by Crippen LogP contribution is -2.15. The molecule has 3 nitrogen and oxygen atoms in total. The standard InChI is InChI=1S/C8H10N2OS/c1-3-4-10-5-6(2)7(11)9-8(10)12/h3,5H,1,4H2,2H3,(H,9,11,12). The normalized spacial score (nSPS) is 9.75. The SMILES string of the molecule is C=CCn1cc(C)c(=O)[nH]c1=S. The van der Waals surface area contributed by atoms with Gasteiger partial charge >= 0.3 is 0 Å². The predicted molar refractivity (Wildman–Crippen MR) is 50.8 cm³/mol. The molecule has 0 aromatic carbocycles. The van der Waals surface area contributed by atoms with Crippen LogP contribution in [0.15, 0.2) is 23.6 Å². The van der Waals surface area contributed by atoms with Crippen LogP contribution in [0.1, 0.15) is 5.56 Å². The van der Waals surface area contributed by atoms with Gasteiger partial charge in [-0.3, -0.25) is 9.78 Å². The third kappa shape index (κ3) is 1.71. The predicted octanol–water partition coefficient (Wildman–Crippen LogP) is 1.40. The average molecular weight is 182 g/mol. The van der Waals surface area contributed by atoms with Crippen molar-refractivity contribution >= 4 is 12.2 Å². The quantitative estimate of drug-likeness (QED) is 0.554. The third-order valence-electron chi connectivity index (χ3n) is 1.51. The molecule has 0 fully saturated rings. The van der Waals surface area contributed by atoms with Crippen LogP contribution in [-0.4, -0.2) is 9.55 Å². The Labute approximate surface area is 75.4 Å². The van der Waals surface area contributed by atoms with Gasteiger partial charge in [0.05, 0.1) is 0 Å². The number of rotatable bonds is 2. The molecule has 1 N–H and O–H groups in total. The Morgan fingerprint density at radius 2 is 2.50 bits per heavy atom. The van der Waals surface area contributed by atoms with E-state index < -0.39 is 0 Å². The first-order valence-electron chi connectivity index (χ1n) is 3.56. The zero-order valence-electron chi connectivity index (χ0n) is 6.83. The summed E-state index contributed by atoms with van der Waals surface area (Å²) in [5.41, 5.74) is 0.533. The average Bonchev–Trinajstić information content (AvgIpc) is 2.01. The third-order valence-corrected chi connectivity index (χ3v) is 1.85. The first kappa shape index (κ1) is 8.93. The van der Waals surface area contributed by atoms with Gasteiger partial charge in [0.1, 0.15) is 0 Å². The molecule has 0 bridgehead atoms. The van der Waals surface area contributed by atoms with Crippen LogP contribution >= 0.6 is 12.2 Å². The van der Waals surface area contributed by atoms with Gasteiger partial charge in [-0.15, -0.1) is 6.58 Å². The Hall–Kier alpha value is -1.16. The fourth-order valence-electron chi connectivity index (χ4n) is 0.893. The largest absolute Gasteiger partial charge is 0.321 e. The van der Waals surface area contributed by atoms with Gasteiger partial charge in [-0.05, 0) is 19.1 Å². The maximum absolute atomic E-state index is 11.0. The van der Waals surface area contributed by atoms with Crippen molar-refractivity contribution < 1.29 is 0 Å². The van der Waals surface area contributed by atoms with Crippen LogP contribution in [0.4, 0.5) is 0 Å². The van der Waals surface area contributed by atoms with E-state index in [-0.39, 0.29) is 5.56 Å². The second-order valence-corrected chi connectivity index (χ2v) is 2.90. The molecule has 4 heteroatoms. The summed E-state index contributed by atoms with van der Waals surface area (Å²) in [7, 11) is 0. The number of aromatic nitrogens is 2. The molecule has 1 rings (SSSR count). The van der Waals surface area contributed by atoms with Crippen molar-refractivity contribution in [3.63, 3.8) is 0 Å². The van der Waals surface area contributed by atoms with E-state index >= 15 is 0 Å². The maximum Gasteiger partial charge on any atom is 0.254 e. The molecule has 1 aromatic rings. The van der Waals surface area contributed by atoms with Crippen LogP contribution in [0.5, 0.6) is 0 Å². The Balaban J connectivity index is 3.32. The van der Waals surface area contributed by atoms with Crippen LogP contribution in [-0.2, 0) is 6.54 Å². The first-order valence-corrected chi connectivity index (χ1v) is 3.97. The van der Waals surface area contributed by atoms with E-state index in [1.54, 1.807) is 23.8 Å². The number of aryl methyl sites for hydroxylation is 1. The van der Waals surface area contributed by atoms with Crippen molar-refractivity contribution in [1.29, 1.82) is 0 Å². The molecule has 0 aliphatic rings. The highest BCUT2D eigenvalue weighted by Crippen LogP contribution is 1.91.